The Hall–Kier alpha value is -3.60. The van der Waals surface area contributed by atoms with E-state index in [2.05, 4.69) is 5.32 Å². The lowest BCUT2D eigenvalue weighted by Crippen LogP contribution is -2.20. The molecule has 3 aromatic carbocycles. The molecule has 152 valence electrons. The molecule has 4 rings (SSSR count). The van der Waals surface area contributed by atoms with Gasteiger partial charge in [-0.1, -0.05) is 36.4 Å². The molecule has 0 aliphatic heterocycles. The van der Waals surface area contributed by atoms with Crippen LogP contribution in [0.15, 0.2) is 66.7 Å². The molecule has 0 fully saturated rings. The molecule has 0 bridgehead atoms. The number of carbonyl (C=O) groups is 1. The van der Waals surface area contributed by atoms with E-state index in [0.29, 0.717) is 6.42 Å². The van der Waals surface area contributed by atoms with Crippen molar-refractivity contribution in [2.24, 2.45) is 0 Å². The largest absolute Gasteiger partial charge is 0.497 e. The molecule has 0 radical (unpaired) electrons. The number of fused-ring (bicyclic) bond motifs is 1. The predicted molar refractivity (Wildman–Crippen MR) is 120 cm³/mol. The Morgan fingerprint density at radius 2 is 1.80 bits per heavy atom. The van der Waals surface area contributed by atoms with Crippen LogP contribution in [-0.4, -0.2) is 22.6 Å². The molecule has 5 nitrogen and oxygen atoms in total. The molecule has 0 unspecified atom stereocenters. The van der Waals surface area contributed by atoms with E-state index in [1.807, 2.05) is 85.1 Å². The summed E-state index contributed by atoms with van der Waals surface area (Å²) in [4.78, 5) is 17.7. The number of aryl methyl sites for hydroxylation is 2. The van der Waals surface area contributed by atoms with Crippen LogP contribution in [0.1, 0.15) is 22.5 Å². The van der Waals surface area contributed by atoms with Gasteiger partial charge in [0.1, 0.15) is 18.1 Å². The number of anilines is 1. The van der Waals surface area contributed by atoms with Gasteiger partial charge in [0, 0.05) is 12.1 Å². The van der Waals surface area contributed by atoms with Crippen LogP contribution in [-0.2, 0) is 17.8 Å². The van der Waals surface area contributed by atoms with E-state index in [9.17, 15) is 4.79 Å². The Kier molecular flexibility index (Phi) is 5.53. The number of ether oxygens (including phenoxy) is 1. The van der Waals surface area contributed by atoms with Crippen molar-refractivity contribution in [2.75, 3.05) is 12.4 Å². The third-order valence-electron chi connectivity index (χ3n) is 5.22. The van der Waals surface area contributed by atoms with Gasteiger partial charge in [-0.3, -0.25) is 4.79 Å². The van der Waals surface area contributed by atoms with Crippen molar-refractivity contribution in [3.8, 4) is 5.75 Å². The monoisotopic (exact) mass is 399 g/mol. The molecule has 30 heavy (non-hydrogen) atoms. The number of methoxy groups -OCH3 is 1. The molecule has 0 spiro atoms. The smallest absolute Gasteiger partial charge is 0.244 e. The number of para-hydroxylation sites is 2. The predicted octanol–water partition coefficient (Wildman–Crippen LogP) is 4.89. The number of aromatic nitrogens is 2. The maximum atomic E-state index is 12.9. The minimum atomic E-state index is -0.0668. The van der Waals surface area contributed by atoms with E-state index in [-0.39, 0.29) is 12.5 Å². The first-order valence-electron chi connectivity index (χ1n) is 9.97. The van der Waals surface area contributed by atoms with Crippen LogP contribution >= 0.6 is 0 Å². The Morgan fingerprint density at radius 1 is 1.03 bits per heavy atom. The van der Waals surface area contributed by atoms with Gasteiger partial charge in [-0.05, 0) is 60.9 Å². The third-order valence-corrected chi connectivity index (χ3v) is 5.22. The first-order chi connectivity index (χ1) is 14.5. The number of hydrogen-bond acceptors (Lipinski definition) is 3. The van der Waals surface area contributed by atoms with E-state index < -0.39 is 0 Å². The van der Waals surface area contributed by atoms with E-state index in [0.717, 1.165) is 45.0 Å². The number of carbonyl (C=O) groups excluding carboxylic acids is 1. The van der Waals surface area contributed by atoms with Crippen LogP contribution in [0.4, 0.5) is 5.69 Å². The standard InChI is InChI=1S/C25H25N3O2/c1-17-8-9-18(2)22(14-17)27-25(29)16-28-23-7-5-4-6-21(23)26-24(28)15-19-10-12-20(30-3)13-11-19/h4-14H,15-16H2,1-3H3,(H,27,29). The lowest BCUT2D eigenvalue weighted by Gasteiger charge is -2.12. The molecule has 0 aliphatic carbocycles. The van der Waals surface area contributed by atoms with Crippen molar-refractivity contribution in [1.82, 2.24) is 9.55 Å². The Labute approximate surface area is 176 Å². The fraction of sp³-hybridized carbons (Fsp3) is 0.200. The van der Waals surface area contributed by atoms with Crippen LogP contribution < -0.4 is 10.1 Å². The van der Waals surface area contributed by atoms with E-state index in [1.54, 1.807) is 7.11 Å². The lowest BCUT2D eigenvalue weighted by molar-refractivity contribution is -0.116. The zero-order chi connectivity index (χ0) is 21.1. The number of nitrogens with zero attached hydrogens (tertiary/aromatic N) is 2. The molecule has 1 amide bonds. The molecule has 0 saturated carbocycles. The summed E-state index contributed by atoms with van der Waals surface area (Å²) < 4.78 is 7.24. The van der Waals surface area contributed by atoms with E-state index in [1.165, 1.54) is 0 Å². The van der Waals surface area contributed by atoms with Gasteiger partial charge < -0.3 is 14.6 Å². The molecule has 0 atom stereocenters. The van der Waals surface area contributed by atoms with Gasteiger partial charge in [0.2, 0.25) is 5.91 Å². The van der Waals surface area contributed by atoms with Gasteiger partial charge >= 0.3 is 0 Å². The molecule has 0 saturated heterocycles. The van der Waals surface area contributed by atoms with Crippen molar-refractivity contribution in [3.63, 3.8) is 0 Å². The van der Waals surface area contributed by atoms with Crippen molar-refractivity contribution in [1.29, 1.82) is 0 Å². The first-order valence-corrected chi connectivity index (χ1v) is 9.97. The average molecular weight is 399 g/mol. The fourth-order valence-electron chi connectivity index (χ4n) is 3.57. The second-order valence-corrected chi connectivity index (χ2v) is 7.49. The van der Waals surface area contributed by atoms with Crippen LogP contribution in [0.2, 0.25) is 0 Å². The van der Waals surface area contributed by atoms with E-state index in [4.69, 9.17) is 9.72 Å². The quantitative estimate of drug-likeness (QED) is 0.502. The molecule has 1 heterocycles. The van der Waals surface area contributed by atoms with Crippen LogP contribution in [0, 0.1) is 13.8 Å². The van der Waals surface area contributed by atoms with Gasteiger partial charge in [-0.2, -0.15) is 0 Å². The Morgan fingerprint density at radius 3 is 2.57 bits per heavy atom. The first kappa shape index (κ1) is 19.7. The molecule has 1 N–H and O–H groups in total. The van der Waals surface area contributed by atoms with E-state index >= 15 is 0 Å². The van der Waals surface area contributed by atoms with Gasteiger partial charge in [-0.15, -0.1) is 0 Å². The van der Waals surface area contributed by atoms with Gasteiger partial charge in [0.25, 0.3) is 0 Å². The third kappa shape index (κ3) is 4.20. The molecule has 4 aromatic rings. The highest BCUT2D eigenvalue weighted by molar-refractivity contribution is 5.92. The second-order valence-electron chi connectivity index (χ2n) is 7.49. The fourth-order valence-corrected chi connectivity index (χ4v) is 3.57. The van der Waals surface area contributed by atoms with Gasteiger partial charge in [0.15, 0.2) is 0 Å². The maximum absolute atomic E-state index is 12.9. The number of benzene rings is 3. The minimum Gasteiger partial charge on any atom is -0.497 e. The number of nitrogens with one attached hydrogen (secondary N) is 1. The summed E-state index contributed by atoms with van der Waals surface area (Å²) >= 11 is 0. The summed E-state index contributed by atoms with van der Waals surface area (Å²) in [7, 11) is 1.66. The normalized spacial score (nSPS) is 10.9. The average Bonchev–Trinajstić information content (AvgIpc) is 3.08. The Bertz CT molecular complexity index is 1190. The van der Waals surface area contributed by atoms with Crippen molar-refractivity contribution in [2.45, 2.75) is 26.8 Å². The number of imidazole rings is 1. The summed E-state index contributed by atoms with van der Waals surface area (Å²) in [5.74, 6) is 1.61. The summed E-state index contributed by atoms with van der Waals surface area (Å²) in [6, 6.07) is 21.9. The topological polar surface area (TPSA) is 56.2 Å². The number of amides is 1. The highest BCUT2D eigenvalue weighted by atomic mass is 16.5. The highest BCUT2D eigenvalue weighted by Gasteiger charge is 2.15. The number of hydrogen-bond donors (Lipinski definition) is 1. The van der Waals surface area contributed by atoms with Crippen LogP contribution in [0.25, 0.3) is 11.0 Å². The van der Waals surface area contributed by atoms with Crippen LogP contribution in [0.3, 0.4) is 0 Å². The van der Waals surface area contributed by atoms with Crippen molar-refractivity contribution < 1.29 is 9.53 Å². The van der Waals surface area contributed by atoms with Crippen molar-refractivity contribution >= 4 is 22.6 Å². The second kappa shape index (κ2) is 8.41. The maximum Gasteiger partial charge on any atom is 0.244 e. The molecular formula is C25H25N3O2. The Balaban J connectivity index is 1.62. The molecule has 0 aliphatic rings. The molecular weight excluding hydrogens is 374 g/mol. The SMILES string of the molecule is COc1ccc(Cc2nc3ccccc3n2CC(=O)Nc2cc(C)ccc2C)cc1. The zero-order valence-electron chi connectivity index (χ0n) is 17.5. The summed E-state index contributed by atoms with van der Waals surface area (Å²) in [6.07, 6.45) is 0.634. The number of rotatable bonds is 6. The summed E-state index contributed by atoms with van der Waals surface area (Å²) in [5.41, 5.74) is 5.97. The minimum absolute atomic E-state index is 0.0668. The molecule has 5 heteroatoms. The summed E-state index contributed by atoms with van der Waals surface area (Å²) in [5, 5.41) is 3.06. The summed E-state index contributed by atoms with van der Waals surface area (Å²) in [6.45, 7) is 4.22. The highest BCUT2D eigenvalue weighted by Crippen LogP contribution is 2.21. The zero-order valence-corrected chi connectivity index (χ0v) is 17.5. The molecule has 1 aromatic heterocycles. The lowest BCUT2D eigenvalue weighted by atomic mass is 10.1. The van der Waals surface area contributed by atoms with Crippen LogP contribution in [0.5, 0.6) is 5.75 Å². The van der Waals surface area contributed by atoms with Gasteiger partial charge in [0.05, 0.1) is 18.1 Å². The van der Waals surface area contributed by atoms with Gasteiger partial charge in [-0.25, -0.2) is 4.98 Å². The van der Waals surface area contributed by atoms with Crippen molar-refractivity contribution in [3.05, 3.63) is 89.2 Å².